The lowest BCUT2D eigenvalue weighted by Crippen LogP contribution is -2.14. The fourth-order valence-electron chi connectivity index (χ4n) is 1.34. The molecule has 0 aliphatic rings. The number of rotatable bonds is 2. The number of aliphatic hydroxyl groups is 1. The van der Waals surface area contributed by atoms with Gasteiger partial charge < -0.3 is 9.52 Å². The number of furan rings is 1. The zero-order valence-corrected chi connectivity index (χ0v) is 8.78. The number of benzene rings is 1. The molecule has 15 heavy (non-hydrogen) atoms. The number of hydrogen-bond donors (Lipinski definition) is 1. The van der Waals surface area contributed by atoms with E-state index in [1.54, 1.807) is 24.3 Å². The van der Waals surface area contributed by atoms with E-state index in [0.29, 0.717) is 10.6 Å². The van der Waals surface area contributed by atoms with Crippen molar-refractivity contribution in [3.63, 3.8) is 0 Å². The molecular weight excluding hydrogens is 216 g/mol. The molecule has 1 aromatic carbocycles. The van der Waals surface area contributed by atoms with Gasteiger partial charge in [0.15, 0.2) is 5.76 Å². The van der Waals surface area contributed by atoms with E-state index in [2.05, 4.69) is 0 Å². The van der Waals surface area contributed by atoms with Crippen LogP contribution in [0, 0.1) is 0 Å². The van der Waals surface area contributed by atoms with Crippen molar-refractivity contribution in [3.05, 3.63) is 35.0 Å². The molecular formula is C11H9ClO3. The van der Waals surface area contributed by atoms with Gasteiger partial charge in [-0.05, 0) is 31.2 Å². The third-order valence-corrected chi connectivity index (χ3v) is 2.34. The summed E-state index contributed by atoms with van der Waals surface area (Å²) in [5.41, 5.74) is 0.586. The SMILES string of the molecule is CC(O)C(=O)c1cc2cc(Cl)ccc2o1. The van der Waals surface area contributed by atoms with E-state index in [1.807, 2.05) is 0 Å². The highest BCUT2D eigenvalue weighted by molar-refractivity contribution is 6.31. The van der Waals surface area contributed by atoms with Gasteiger partial charge in [0.2, 0.25) is 5.78 Å². The number of ketones is 1. The fraction of sp³-hybridized carbons (Fsp3) is 0.182. The van der Waals surface area contributed by atoms with Gasteiger partial charge in [-0.2, -0.15) is 0 Å². The summed E-state index contributed by atoms with van der Waals surface area (Å²) in [6, 6.07) is 6.66. The van der Waals surface area contributed by atoms with Crippen LogP contribution >= 0.6 is 11.6 Å². The number of hydrogen-bond acceptors (Lipinski definition) is 3. The van der Waals surface area contributed by atoms with Gasteiger partial charge in [0.05, 0.1) is 0 Å². The molecule has 3 nitrogen and oxygen atoms in total. The van der Waals surface area contributed by atoms with E-state index in [-0.39, 0.29) is 5.76 Å². The Hall–Kier alpha value is -1.32. The zero-order chi connectivity index (χ0) is 11.0. The molecule has 0 radical (unpaired) electrons. The van der Waals surface area contributed by atoms with Crippen molar-refractivity contribution in [3.8, 4) is 0 Å². The van der Waals surface area contributed by atoms with Crippen LogP contribution < -0.4 is 0 Å². The summed E-state index contributed by atoms with van der Waals surface area (Å²) in [7, 11) is 0. The Bertz CT molecular complexity index is 514. The van der Waals surface area contributed by atoms with Crippen LogP contribution in [0.15, 0.2) is 28.7 Å². The highest BCUT2D eigenvalue weighted by atomic mass is 35.5. The molecule has 4 heteroatoms. The molecule has 1 heterocycles. The first-order valence-electron chi connectivity index (χ1n) is 4.49. The van der Waals surface area contributed by atoms with Crippen LogP contribution in [0.1, 0.15) is 17.5 Å². The molecule has 2 rings (SSSR count). The second-order valence-electron chi connectivity index (χ2n) is 3.33. The average Bonchev–Trinajstić information content (AvgIpc) is 2.58. The monoisotopic (exact) mass is 224 g/mol. The summed E-state index contributed by atoms with van der Waals surface area (Å²) < 4.78 is 5.28. The van der Waals surface area contributed by atoms with Crippen molar-refractivity contribution in [2.45, 2.75) is 13.0 Å². The van der Waals surface area contributed by atoms with Crippen LogP contribution in [-0.4, -0.2) is 17.0 Å². The van der Waals surface area contributed by atoms with E-state index < -0.39 is 11.9 Å². The molecule has 1 aromatic heterocycles. The molecule has 0 aliphatic heterocycles. The van der Waals surface area contributed by atoms with Gasteiger partial charge in [-0.25, -0.2) is 0 Å². The third-order valence-electron chi connectivity index (χ3n) is 2.10. The van der Waals surface area contributed by atoms with Crippen LogP contribution in [0.4, 0.5) is 0 Å². The van der Waals surface area contributed by atoms with Gasteiger partial charge in [0, 0.05) is 10.4 Å². The fourth-order valence-corrected chi connectivity index (χ4v) is 1.52. The van der Waals surface area contributed by atoms with E-state index in [0.717, 1.165) is 5.39 Å². The number of carbonyl (C=O) groups excluding carboxylic acids is 1. The third kappa shape index (κ3) is 1.89. The predicted molar refractivity (Wildman–Crippen MR) is 57.2 cm³/mol. The minimum absolute atomic E-state index is 0.155. The Morgan fingerprint density at radius 2 is 2.20 bits per heavy atom. The maximum atomic E-state index is 11.4. The first-order valence-corrected chi connectivity index (χ1v) is 4.87. The van der Waals surface area contributed by atoms with E-state index in [4.69, 9.17) is 21.1 Å². The lowest BCUT2D eigenvalue weighted by atomic mass is 10.2. The summed E-state index contributed by atoms with van der Waals surface area (Å²) in [5.74, 6) is -0.274. The van der Waals surface area contributed by atoms with Crippen molar-refractivity contribution >= 4 is 28.4 Å². The summed E-state index contributed by atoms with van der Waals surface area (Å²) in [5, 5.41) is 10.5. The maximum Gasteiger partial charge on any atom is 0.226 e. The molecule has 0 aliphatic carbocycles. The largest absolute Gasteiger partial charge is 0.453 e. The second-order valence-corrected chi connectivity index (χ2v) is 3.77. The smallest absolute Gasteiger partial charge is 0.226 e. The number of Topliss-reactive ketones (excluding diaryl/α,β-unsaturated/α-hetero) is 1. The lowest BCUT2D eigenvalue weighted by Gasteiger charge is -1.97. The Morgan fingerprint density at radius 1 is 1.47 bits per heavy atom. The second kappa shape index (κ2) is 3.68. The van der Waals surface area contributed by atoms with Crippen molar-refractivity contribution in [2.75, 3.05) is 0 Å². The molecule has 0 saturated carbocycles. The molecule has 1 atom stereocenters. The highest BCUT2D eigenvalue weighted by Crippen LogP contribution is 2.23. The van der Waals surface area contributed by atoms with Crippen molar-refractivity contribution in [2.24, 2.45) is 0 Å². The molecule has 78 valence electrons. The van der Waals surface area contributed by atoms with E-state index in [9.17, 15) is 4.79 Å². The summed E-state index contributed by atoms with van der Waals surface area (Å²) in [6.07, 6.45) is -1.05. The van der Waals surface area contributed by atoms with Gasteiger partial charge >= 0.3 is 0 Å². The van der Waals surface area contributed by atoms with Crippen LogP contribution in [0.3, 0.4) is 0 Å². The Labute approximate surface area is 91.3 Å². The van der Waals surface area contributed by atoms with E-state index in [1.165, 1.54) is 6.92 Å². The zero-order valence-electron chi connectivity index (χ0n) is 8.03. The summed E-state index contributed by atoms with van der Waals surface area (Å²) in [4.78, 5) is 11.4. The minimum Gasteiger partial charge on any atom is -0.453 e. The normalized spacial score (nSPS) is 13.0. The molecule has 0 saturated heterocycles. The molecule has 1 N–H and O–H groups in total. The first kappa shape index (κ1) is 10.2. The van der Waals surface area contributed by atoms with Crippen molar-refractivity contribution in [1.29, 1.82) is 0 Å². The molecule has 1 unspecified atom stereocenters. The van der Waals surface area contributed by atoms with Gasteiger partial charge in [0.1, 0.15) is 11.7 Å². The standard InChI is InChI=1S/C11H9ClO3/c1-6(13)11(14)10-5-7-4-8(12)2-3-9(7)15-10/h2-6,13H,1H3. The van der Waals surface area contributed by atoms with Gasteiger partial charge in [-0.1, -0.05) is 11.6 Å². The topological polar surface area (TPSA) is 50.4 Å². The van der Waals surface area contributed by atoms with Gasteiger partial charge in [-0.15, -0.1) is 0 Å². The minimum atomic E-state index is -1.05. The van der Waals surface area contributed by atoms with Crippen LogP contribution in [0.2, 0.25) is 5.02 Å². The average molecular weight is 225 g/mol. The molecule has 0 fully saturated rings. The van der Waals surface area contributed by atoms with Crippen LogP contribution in [0.25, 0.3) is 11.0 Å². The van der Waals surface area contributed by atoms with Gasteiger partial charge in [-0.3, -0.25) is 4.79 Å². The maximum absolute atomic E-state index is 11.4. The molecule has 0 amide bonds. The van der Waals surface area contributed by atoms with E-state index >= 15 is 0 Å². The van der Waals surface area contributed by atoms with Crippen molar-refractivity contribution < 1.29 is 14.3 Å². The number of fused-ring (bicyclic) bond motifs is 1. The predicted octanol–water partition coefficient (Wildman–Crippen LogP) is 2.65. The number of halogens is 1. The Balaban J connectivity index is 2.52. The lowest BCUT2D eigenvalue weighted by molar-refractivity contribution is 0.0752. The first-order chi connectivity index (χ1) is 7.08. The molecule has 0 spiro atoms. The molecule has 2 aromatic rings. The number of aliphatic hydroxyl groups excluding tert-OH is 1. The van der Waals surface area contributed by atoms with Crippen molar-refractivity contribution in [1.82, 2.24) is 0 Å². The van der Waals surface area contributed by atoms with Gasteiger partial charge in [0.25, 0.3) is 0 Å². The Kier molecular flexibility index (Phi) is 2.50. The quantitative estimate of drug-likeness (QED) is 0.798. The highest BCUT2D eigenvalue weighted by Gasteiger charge is 2.16. The Morgan fingerprint density at radius 3 is 2.87 bits per heavy atom. The summed E-state index contributed by atoms with van der Waals surface area (Å²) >= 11 is 5.79. The van der Waals surface area contributed by atoms with Crippen LogP contribution in [-0.2, 0) is 0 Å². The molecule has 0 bridgehead atoms. The number of carbonyl (C=O) groups is 1. The summed E-state index contributed by atoms with van der Waals surface area (Å²) in [6.45, 7) is 1.41. The van der Waals surface area contributed by atoms with Crippen LogP contribution in [0.5, 0.6) is 0 Å².